The van der Waals surface area contributed by atoms with Crippen molar-refractivity contribution in [3.63, 3.8) is 0 Å². The van der Waals surface area contributed by atoms with Crippen LogP contribution in [0.25, 0.3) is 0 Å². The summed E-state index contributed by atoms with van der Waals surface area (Å²) in [5, 5.41) is 29.3. The van der Waals surface area contributed by atoms with E-state index in [-0.39, 0.29) is 67.9 Å². The number of benzene rings is 3. The van der Waals surface area contributed by atoms with E-state index in [1.54, 1.807) is 19.1 Å². The number of nitrogens with zero attached hydrogens (tertiary/aromatic N) is 2. The normalized spacial score (nSPS) is 16.7. The van der Waals surface area contributed by atoms with Crippen molar-refractivity contribution >= 4 is 41.7 Å². The van der Waals surface area contributed by atoms with Crippen molar-refractivity contribution in [1.82, 2.24) is 42.1 Å². The predicted molar refractivity (Wildman–Crippen MR) is 265 cm³/mol. The number of urea groups is 1. The van der Waals surface area contributed by atoms with E-state index in [9.17, 15) is 33.9 Å². The van der Waals surface area contributed by atoms with Crippen molar-refractivity contribution in [3.05, 3.63) is 95.1 Å². The number of amides is 7. The molecular formula is C51H72N10O9. The second-order valence-corrected chi connectivity index (χ2v) is 18.7. The number of hydrogen-bond acceptors (Lipinski definition) is 11. The molecule has 1 saturated carbocycles. The maximum Gasteiger partial charge on any atom is 0.407 e. The SMILES string of the molecule is CCC(=O)NCCNC(=O)NC(N)=NCCC[C@@H](NC(=O)[C@H](c1ccc(OCCCNC(=O)C2CCC(CNC(=O)OC(C)(C)C)CC2)cc1)N1Cc2ccccc2C1)C(=O)NCc1ccc(O)cc1. The van der Waals surface area contributed by atoms with Crippen LogP contribution in [-0.4, -0.2) is 103 Å². The highest BCUT2D eigenvalue weighted by molar-refractivity contribution is 5.95. The van der Waals surface area contributed by atoms with Gasteiger partial charge < -0.3 is 52.2 Å². The molecule has 0 saturated heterocycles. The molecule has 1 fully saturated rings. The number of nitrogens with two attached hydrogens (primary N) is 1. The van der Waals surface area contributed by atoms with Gasteiger partial charge in [-0.05, 0) is 118 Å². The highest BCUT2D eigenvalue weighted by Crippen LogP contribution is 2.33. The lowest BCUT2D eigenvalue weighted by atomic mass is 9.81. The number of guanidine groups is 1. The summed E-state index contributed by atoms with van der Waals surface area (Å²) < 4.78 is 11.4. The molecule has 1 aliphatic heterocycles. The minimum absolute atomic E-state index is 0.0356. The largest absolute Gasteiger partial charge is 0.508 e. The van der Waals surface area contributed by atoms with Crippen molar-refractivity contribution in [1.29, 1.82) is 0 Å². The molecule has 7 amide bonds. The quantitative estimate of drug-likeness (QED) is 0.0366. The van der Waals surface area contributed by atoms with Crippen LogP contribution in [0.1, 0.15) is 107 Å². The van der Waals surface area contributed by atoms with Crippen LogP contribution in [0.15, 0.2) is 77.8 Å². The van der Waals surface area contributed by atoms with E-state index in [1.807, 2.05) is 69.3 Å². The zero-order valence-corrected chi connectivity index (χ0v) is 40.9. The monoisotopic (exact) mass is 969 g/mol. The predicted octanol–water partition coefficient (Wildman–Crippen LogP) is 4.39. The number of phenols is 1. The molecule has 1 heterocycles. The van der Waals surface area contributed by atoms with E-state index >= 15 is 0 Å². The van der Waals surface area contributed by atoms with Crippen LogP contribution in [0.2, 0.25) is 0 Å². The van der Waals surface area contributed by atoms with Crippen molar-refractivity contribution < 1.29 is 43.3 Å². The molecule has 3 aromatic rings. The van der Waals surface area contributed by atoms with Crippen molar-refractivity contribution in [2.75, 3.05) is 39.3 Å². The van der Waals surface area contributed by atoms with Gasteiger partial charge in [0.15, 0.2) is 5.96 Å². The zero-order chi connectivity index (χ0) is 50.5. The number of fused-ring (bicyclic) bond motifs is 1. The summed E-state index contributed by atoms with van der Waals surface area (Å²) in [5.41, 5.74) is 9.08. The van der Waals surface area contributed by atoms with E-state index in [4.69, 9.17) is 15.2 Å². The summed E-state index contributed by atoms with van der Waals surface area (Å²) in [6.07, 6.45) is 4.29. The van der Waals surface area contributed by atoms with Crippen LogP contribution in [0.3, 0.4) is 0 Å². The molecule has 5 rings (SSSR count). The number of carbonyl (C=O) groups excluding carboxylic acids is 6. The first-order valence-electron chi connectivity index (χ1n) is 24.3. The smallest absolute Gasteiger partial charge is 0.407 e. The van der Waals surface area contributed by atoms with Gasteiger partial charge in [0.1, 0.15) is 29.2 Å². The van der Waals surface area contributed by atoms with Gasteiger partial charge in [0, 0.05) is 64.7 Å². The van der Waals surface area contributed by atoms with E-state index in [2.05, 4.69) is 47.1 Å². The second-order valence-electron chi connectivity index (χ2n) is 18.7. The van der Waals surface area contributed by atoms with Crippen molar-refractivity contribution in [2.45, 2.75) is 116 Å². The van der Waals surface area contributed by atoms with Gasteiger partial charge in [0.2, 0.25) is 23.6 Å². The Morgan fingerprint density at radius 1 is 0.800 bits per heavy atom. The summed E-state index contributed by atoms with van der Waals surface area (Å²) in [7, 11) is 0. The highest BCUT2D eigenvalue weighted by Gasteiger charge is 2.34. The van der Waals surface area contributed by atoms with Crippen LogP contribution in [0.5, 0.6) is 11.5 Å². The molecule has 0 aromatic heterocycles. The fourth-order valence-electron chi connectivity index (χ4n) is 8.25. The molecule has 19 heteroatoms. The van der Waals surface area contributed by atoms with Gasteiger partial charge in [-0.2, -0.15) is 0 Å². The lowest BCUT2D eigenvalue weighted by Crippen LogP contribution is -2.50. The minimum atomic E-state index is -0.964. The number of alkyl carbamates (subject to hydrolysis) is 1. The Morgan fingerprint density at radius 2 is 1.47 bits per heavy atom. The van der Waals surface area contributed by atoms with E-state index in [0.717, 1.165) is 42.4 Å². The van der Waals surface area contributed by atoms with Gasteiger partial charge in [-0.25, -0.2) is 9.59 Å². The number of aromatic hydroxyl groups is 1. The molecule has 0 spiro atoms. The van der Waals surface area contributed by atoms with Crippen molar-refractivity contribution in [2.24, 2.45) is 22.6 Å². The first-order valence-corrected chi connectivity index (χ1v) is 24.3. The molecule has 70 heavy (non-hydrogen) atoms. The number of ether oxygens (including phenoxy) is 2. The van der Waals surface area contributed by atoms with Gasteiger partial charge >= 0.3 is 12.1 Å². The van der Waals surface area contributed by atoms with Crippen molar-refractivity contribution in [3.8, 4) is 11.5 Å². The number of rotatable bonds is 23. The standard InChI is InChI=1S/C51H72N10O9/c1-5-43(63)53-27-28-56-49(67)60-48(52)55-25-8-12-42(46(65)57-30-35-15-21-40(62)22-16-35)59-47(66)44(61-32-38-10-6-7-11-39(38)33-61)36-19-23-41(24-20-36)69-29-9-26-54-45(64)37-17-13-34(14-18-37)31-58-50(68)70-51(2,3)4/h6-7,10-11,15-16,19-24,34,37,42,44,62H,5,8-9,12-14,17-18,25-33H2,1-4H3,(H,53,63)(H,54,64)(H,57,65)(H,58,68)(H,59,66)(H4,52,55,56,60,67)/t34?,37?,42-,44+/m1/s1. The topological polar surface area (TPSA) is 267 Å². The van der Waals surface area contributed by atoms with E-state index < -0.39 is 35.7 Å². The molecular weight excluding hydrogens is 897 g/mol. The number of aliphatic imine (C=N–C) groups is 1. The molecule has 2 atom stereocenters. The third-order valence-corrected chi connectivity index (χ3v) is 12.0. The average Bonchev–Trinajstić information content (AvgIpc) is 3.76. The molecule has 19 nitrogen and oxygen atoms in total. The number of nitrogens with one attached hydrogen (secondary N) is 7. The van der Waals surface area contributed by atoms with Crippen LogP contribution < -0.4 is 47.7 Å². The summed E-state index contributed by atoms with van der Waals surface area (Å²) >= 11 is 0. The van der Waals surface area contributed by atoms with Gasteiger partial charge in [-0.1, -0.05) is 55.5 Å². The lowest BCUT2D eigenvalue weighted by Gasteiger charge is -2.29. The third kappa shape index (κ3) is 18.5. The summed E-state index contributed by atoms with van der Waals surface area (Å²) in [4.78, 5) is 83.4. The molecule has 1 aliphatic carbocycles. The fraction of sp³-hybridized carbons (Fsp3) is 0.510. The maximum atomic E-state index is 14.6. The average molecular weight is 969 g/mol. The zero-order valence-electron chi connectivity index (χ0n) is 40.9. The Hall–Kier alpha value is -6.89. The van der Waals surface area contributed by atoms with Crippen LogP contribution >= 0.6 is 0 Å². The maximum absolute atomic E-state index is 14.6. The van der Waals surface area contributed by atoms with E-state index in [0.29, 0.717) is 69.3 Å². The molecule has 0 unspecified atom stereocenters. The van der Waals surface area contributed by atoms with E-state index in [1.165, 1.54) is 12.1 Å². The van der Waals surface area contributed by atoms with Gasteiger partial charge in [-0.3, -0.25) is 34.4 Å². The molecule has 3 aromatic carbocycles. The highest BCUT2D eigenvalue weighted by atomic mass is 16.6. The van der Waals surface area contributed by atoms with Crippen LogP contribution in [-0.2, 0) is 43.5 Å². The Bertz CT molecular complexity index is 2200. The molecule has 0 bridgehead atoms. The molecule has 10 N–H and O–H groups in total. The van der Waals surface area contributed by atoms with Crippen LogP contribution in [0, 0.1) is 11.8 Å². The summed E-state index contributed by atoms with van der Waals surface area (Å²) in [6.45, 7) is 10.4. The third-order valence-electron chi connectivity index (χ3n) is 12.0. The number of phenolic OH excluding ortho intramolecular Hbond substituents is 1. The second kappa shape index (κ2) is 27.3. The Morgan fingerprint density at radius 3 is 2.13 bits per heavy atom. The molecule has 0 radical (unpaired) electrons. The Kier molecular flexibility index (Phi) is 21.1. The summed E-state index contributed by atoms with van der Waals surface area (Å²) in [5.74, 6) is -0.0400. The first-order chi connectivity index (χ1) is 33.6. The van der Waals surface area contributed by atoms with Gasteiger partial charge in [0.05, 0.1) is 6.61 Å². The van der Waals surface area contributed by atoms with Crippen LogP contribution in [0.4, 0.5) is 9.59 Å². The number of hydrogen-bond donors (Lipinski definition) is 9. The molecule has 380 valence electrons. The molecule has 2 aliphatic rings. The number of carbonyl (C=O) groups is 6. The van der Waals surface area contributed by atoms with Gasteiger partial charge in [-0.15, -0.1) is 0 Å². The fourth-order valence-corrected chi connectivity index (χ4v) is 8.25. The Balaban J connectivity index is 1.15. The minimum Gasteiger partial charge on any atom is -0.508 e. The summed E-state index contributed by atoms with van der Waals surface area (Å²) in [6, 6.07) is 19.5. The van der Waals surface area contributed by atoms with Gasteiger partial charge in [0.25, 0.3) is 0 Å². The first kappa shape index (κ1) is 54.1. The lowest BCUT2D eigenvalue weighted by molar-refractivity contribution is -0.132. The Labute approximate surface area is 410 Å².